The van der Waals surface area contributed by atoms with Gasteiger partial charge in [-0.05, 0) is 30.5 Å². The van der Waals surface area contributed by atoms with Crippen LogP contribution >= 0.6 is 11.6 Å². The fourth-order valence-electron chi connectivity index (χ4n) is 2.74. The summed E-state index contributed by atoms with van der Waals surface area (Å²) in [5, 5.41) is 0.371. The summed E-state index contributed by atoms with van der Waals surface area (Å²) in [6.45, 7) is 6.84. The Bertz CT molecular complexity index is 381. The third-order valence-corrected chi connectivity index (χ3v) is 4.34. The largest absolute Gasteiger partial charge is 0.227 e. The van der Waals surface area contributed by atoms with E-state index in [9.17, 15) is 0 Å². The molecule has 0 saturated carbocycles. The highest BCUT2D eigenvalue weighted by Gasteiger charge is 2.27. The minimum atomic E-state index is 0.148. The zero-order valence-corrected chi connectivity index (χ0v) is 14.0. The number of rotatable bonds is 10. The molecule has 1 heterocycles. The summed E-state index contributed by atoms with van der Waals surface area (Å²) in [5.41, 5.74) is 1.26. The first-order chi connectivity index (χ1) is 9.62. The molecule has 1 atom stereocenters. The van der Waals surface area contributed by atoms with E-state index in [1.807, 2.05) is 6.07 Å². The molecule has 0 aliphatic rings. The quantitative estimate of drug-likeness (QED) is 0.394. The first kappa shape index (κ1) is 17.4. The standard InChI is InChI=1S/C17H29ClN2/c1-4-6-8-9-10-13-17(3,12-7-5-2)15-11-14-19-16(18)20-15/h11,14H,4-10,12-13H2,1-3H3. The van der Waals surface area contributed by atoms with Crippen LogP contribution in [0.15, 0.2) is 12.3 Å². The van der Waals surface area contributed by atoms with Crippen molar-refractivity contribution in [3.63, 3.8) is 0 Å². The molecule has 1 aromatic heterocycles. The average molecular weight is 297 g/mol. The molecule has 0 saturated heterocycles. The van der Waals surface area contributed by atoms with E-state index in [2.05, 4.69) is 30.7 Å². The van der Waals surface area contributed by atoms with Gasteiger partial charge in [-0.2, -0.15) is 0 Å². The lowest BCUT2D eigenvalue weighted by Crippen LogP contribution is -2.23. The van der Waals surface area contributed by atoms with Gasteiger partial charge in [0.25, 0.3) is 0 Å². The second-order valence-electron chi connectivity index (χ2n) is 6.04. The highest BCUT2D eigenvalue weighted by Crippen LogP contribution is 2.34. The number of unbranched alkanes of at least 4 members (excludes halogenated alkanes) is 5. The highest BCUT2D eigenvalue weighted by atomic mass is 35.5. The lowest BCUT2D eigenvalue weighted by atomic mass is 9.77. The van der Waals surface area contributed by atoms with Crippen LogP contribution in [0.5, 0.6) is 0 Å². The van der Waals surface area contributed by atoms with Crippen LogP contribution in [-0.4, -0.2) is 9.97 Å². The van der Waals surface area contributed by atoms with Crippen molar-refractivity contribution in [2.45, 2.75) is 84.0 Å². The molecule has 1 rings (SSSR count). The molecule has 1 aromatic rings. The van der Waals surface area contributed by atoms with Gasteiger partial charge < -0.3 is 0 Å². The molecule has 20 heavy (non-hydrogen) atoms. The van der Waals surface area contributed by atoms with E-state index >= 15 is 0 Å². The maximum absolute atomic E-state index is 5.97. The number of hydrogen-bond donors (Lipinski definition) is 0. The van der Waals surface area contributed by atoms with Crippen LogP contribution in [0.2, 0.25) is 5.28 Å². The van der Waals surface area contributed by atoms with E-state index in [4.69, 9.17) is 11.6 Å². The lowest BCUT2D eigenvalue weighted by Gasteiger charge is -2.29. The molecule has 0 fully saturated rings. The minimum Gasteiger partial charge on any atom is -0.227 e. The Balaban J connectivity index is 2.65. The predicted octanol–water partition coefficient (Wildman–Crippen LogP) is 5.94. The topological polar surface area (TPSA) is 25.8 Å². The van der Waals surface area contributed by atoms with Crippen LogP contribution in [0.25, 0.3) is 0 Å². The summed E-state index contributed by atoms with van der Waals surface area (Å²) in [7, 11) is 0. The first-order valence-corrected chi connectivity index (χ1v) is 8.49. The van der Waals surface area contributed by atoms with Gasteiger partial charge in [-0.25, -0.2) is 9.97 Å². The molecule has 0 aliphatic heterocycles. The van der Waals surface area contributed by atoms with Crippen molar-refractivity contribution in [2.24, 2.45) is 0 Å². The number of hydrogen-bond acceptors (Lipinski definition) is 2. The Kier molecular flexibility index (Phi) is 8.13. The third-order valence-electron chi connectivity index (χ3n) is 4.16. The first-order valence-electron chi connectivity index (χ1n) is 8.11. The summed E-state index contributed by atoms with van der Waals surface area (Å²) < 4.78 is 0. The summed E-state index contributed by atoms with van der Waals surface area (Å²) >= 11 is 5.97. The molecule has 0 aromatic carbocycles. The van der Waals surface area contributed by atoms with Crippen molar-refractivity contribution < 1.29 is 0 Å². The van der Waals surface area contributed by atoms with E-state index in [-0.39, 0.29) is 5.41 Å². The van der Waals surface area contributed by atoms with Crippen LogP contribution in [0.1, 0.15) is 84.3 Å². The highest BCUT2D eigenvalue weighted by molar-refractivity contribution is 6.28. The summed E-state index contributed by atoms with van der Waals surface area (Å²) in [4.78, 5) is 8.48. The van der Waals surface area contributed by atoms with Gasteiger partial charge in [0.05, 0.1) is 5.69 Å². The average Bonchev–Trinajstić information content (AvgIpc) is 2.45. The lowest BCUT2D eigenvalue weighted by molar-refractivity contribution is 0.359. The maximum atomic E-state index is 5.97. The molecule has 0 spiro atoms. The zero-order valence-electron chi connectivity index (χ0n) is 13.3. The van der Waals surface area contributed by atoms with E-state index in [0.29, 0.717) is 5.28 Å². The smallest absolute Gasteiger partial charge is 0.222 e. The van der Waals surface area contributed by atoms with Crippen LogP contribution < -0.4 is 0 Å². The van der Waals surface area contributed by atoms with Gasteiger partial charge in [0, 0.05) is 11.6 Å². The maximum Gasteiger partial charge on any atom is 0.222 e. The van der Waals surface area contributed by atoms with Crippen molar-refractivity contribution in [1.29, 1.82) is 0 Å². The van der Waals surface area contributed by atoms with Crippen molar-refractivity contribution >= 4 is 11.6 Å². The molecule has 0 aliphatic carbocycles. The molecule has 0 amide bonds. The third kappa shape index (κ3) is 5.78. The van der Waals surface area contributed by atoms with Gasteiger partial charge in [0.15, 0.2) is 0 Å². The monoisotopic (exact) mass is 296 g/mol. The fraction of sp³-hybridized carbons (Fsp3) is 0.765. The van der Waals surface area contributed by atoms with E-state index in [0.717, 1.165) is 5.69 Å². The SMILES string of the molecule is CCCCCCCC(C)(CCCC)c1ccnc(Cl)n1. The van der Waals surface area contributed by atoms with E-state index in [1.165, 1.54) is 57.8 Å². The van der Waals surface area contributed by atoms with Crippen LogP contribution in [0.3, 0.4) is 0 Å². The Morgan fingerprint density at radius 1 is 1.00 bits per heavy atom. The number of halogens is 1. The molecule has 0 bridgehead atoms. The molecule has 0 N–H and O–H groups in total. The summed E-state index contributed by atoms with van der Waals surface area (Å²) in [6.07, 6.45) is 13.2. The normalized spacial score (nSPS) is 14.2. The zero-order chi connectivity index (χ0) is 14.8. The van der Waals surface area contributed by atoms with Gasteiger partial charge in [0.1, 0.15) is 0 Å². The van der Waals surface area contributed by atoms with Gasteiger partial charge in [-0.1, -0.05) is 65.7 Å². The van der Waals surface area contributed by atoms with Crippen LogP contribution in [0, 0.1) is 0 Å². The van der Waals surface area contributed by atoms with Gasteiger partial charge >= 0.3 is 0 Å². The van der Waals surface area contributed by atoms with Crippen molar-refractivity contribution in [3.05, 3.63) is 23.2 Å². The Hall–Kier alpha value is -0.630. The van der Waals surface area contributed by atoms with Gasteiger partial charge in [-0.3, -0.25) is 0 Å². The number of aromatic nitrogens is 2. The van der Waals surface area contributed by atoms with E-state index in [1.54, 1.807) is 6.20 Å². The Morgan fingerprint density at radius 3 is 2.30 bits per heavy atom. The molecule has 3 heteroatoms. The van der Waals surface area contributed by atoms with E-state index < -0.39 is 0 Å². The second-order valence-corrected chi connectivity index (χ2v) is 6.38. The van der Waals surface area contributed by atoms with Crippen LogP contribution in [-0.2, 0) is 5.41 Å². The van der Waals surface area contributed by atoms with Gasteiger partial charge in [0.2, 0.25) is 5.28 Å². The summed E-state index contributed by atoms with van der Waals surface area (Å²) in [6, 6.07) is 2.04. The van der Waals surface area contributed by atoms with Crippen LogP contribution in [0.4, 0.5) is 0 Å². The minimum absolute atomic E-state index is 0.148. The molecule has 0 radical (unpaired) electrons. The Morgan fingerprint density at radius 2 is 1.65 bits per heavy atom. The van der Waals surface area contributed by atoms with Crippen molar-refractivity contribution in [3.8, 4) is 0 Å². The van der Waals surface area contributed by atoms with Crippen molar-refractivity contribution in [1.82, 2.24) is 9.97 Å². The summed E-state index contributed by atoms with van der Waals surface area (Å²) in [5.74, 6) is 0. The van der Waals surface area contributed by atoms with Crippen molar-refractivity contribution in [2.75, 3.05) is 0 Å². The number of nitrogens with zero attached hydrogens (tertiary/aromatic N) is 2. The molecular weight excluding hydrogens is 268 g/mol. The fourth-order valence-corrected chi connectivity index (χ4v) is 2.89. The second kappa shape index (κ2) is 9.33. The Labute approximate surface area is 129 Å². The van der Waals surface area contributed by atoms with Gasteiger partial charge in [-0.15, -0.1) is 0 Å². The predicted molar refractivity (Wildman–Crippen MR) is 87.3 cm³/mol. The molecule has 2 nitrogen and oxygen atoms in total. The molecular formula is C17H29ClN2. The molecule has 1 unspecified atom stereocenters. The molecule has 114 valence electrons.